The van der Waals surface area contributed by atoms with Crippen molar-refractivity contribution in [3.8, 4) is 0 Å². The van der Waals surface area contributed by atoms with Gasteiger partial charge >= 0.3 is 0 Å². The van der Waals surface area contributed by atoms with Crippen molar-refractivity contribution in [2.75, 3.05) is 0 Å². The van der Waals surface area contributed by atoms with E-state index in [0.29, 0.717) is 5.03 Å². The van der Waals surface area contributed by atoms with E-state index in [1.165, 1.54) is 0 Å². The van der Waals surface area contributed by atoms with Crippen molar-refractivity contribution in [2.45, 2.75) is 12.8 Å². The maximum atomic E-state index is 10.7. The van der Waals surface area contributed by atoms with Gasteiger partial charge in [0.1, 0.15) is 0 Å². The van der Waals surface area contributed by atoms with Gasteiger partial charge in [0.15, 0.2) is 0 Å². The lowest BCUT2D eigenvalue weighted by molar-refractivity contribution is -0.126. The molecule has 0 fully saturated rings. The number of hydrogen-bond acceptors (Lipinski definition) is 2. The molecular weight excluding hydrogens is 180 g/mol. The molecule has 0 aromatic carbocycles. The average molecular weight is 191 g/mol. The largest absolute Gasteiger partial charge is 0.370 e. The lowest BCUT2D eigenvalue weighted by Gasteiger charge is -2.08. The van der Waals surface area contributed by atoms with Crippen LogP contribution >= 0.6 is 11.6 Å². The normalized spacial score (nSPS) is 12.1. The zero-order valence-corrected chi connectivity index (χ0v) is 7.30. The van der Waals surface area contributed by atoms with Crippen LogP contribution in [-0.2, 0) is 9.59 Å². The standard InChI is InChI=1S/C7H11ClN2O2/c1-4(8)2-5(7(10)12)3-6(9)11/h5H,1-3H2,(H2,9,11)(H2,10,12). The Kier molecular flexibility index (Phi) is 4.36. The van der Waals surface area contributed by atoms with E-state index in [1.807, 2.05) is 0 Å². The summed E-state index contributed by atoms with van der Waals surface area (Å²) in [4.78, 5) is 21.1. The monoisotopic (exact) mass is 190 g/mol. The smallest absolute Gasteiger partial charge is 0.221 e. The highest BCUT2D eigenvalue weighted by molar-refractivity contribution is 6.29. The van der Waals surface area contributed by atoms with Gasteiger partial charge in [-0.15, -0.1) is 0 Å². The van der Waals surface area contributed by atoms with Gasteiger partial charge in [0.25, 0.3) is 0 Å². The highest BCUT2D eigenvalue weighted by Gasteiger charge is 2.18. The fourth-order valence-electron chi connectivity index (χ4n) is 0.784. The number of carbonyl (C=O) groups excluding carboxylic acids is 2. The summed E-state index contributed by atoms with van der Waals surface area (Å²) in [6, 6.07) is 0. The average Bonchev–Trinajstić information content (AvgIpc) is 1.83. The van der Waals surface area contributed by atoms with Gasteiger partial charge in [-0.3, -0.25) is 9.59 Å². The van der Waals surface area contributed by atoms with Crippen LogP contribution < -0.4 is 11.5 Å². The van der Waals surface area contributed by atoms with E-state index in [1.54, 1.807) is 0 Å². The lowest BCUT2D eigenvalue weighted by Crippen LogP contribution is -2.28. The fourth-order valence-corrected chi connectivity index (χ4v) is 0.970. The van der Waals surface area contributed by atoms with E-state index in [2.05, 4.69) is 6.58 Å². The summed E-state index contributed by atoms with van der Waals surface area (Å²) in [5.74, 6) is -1.79. The molecule has 0 radical (unpaired) electrons. The van der Waals surface area contributed by atoms with Crippen LogP contribution in [-0.4, -0.2) is 11.8 Å². The molecule has 4 nitrogen and oxygen atoms in total. The molecule has 2 amide bonds. The summed E-state index contributed by atoms with van der Waals surface area (Å²) >= 11 is 5.45. The first kappa shape index (κ1) is 11.0. The Morgan fingerprint density at radius 1 is 1.33 bits per heavy atom. The van der Waals surface area contributed by atoms with E-state index in [0.717, 1.165) is 0 Å². The molecule has 0 bridgehead atoms. The van der Waals surface area contributed by atoms with E-state index in [4.69, 9.17) is 23.1 Å². The Morgan fingerprint density at radius 2 is 1.83 bits per heavy atom. The molecule has 5 heteroatoms. The Balaban J connectivity index is 4.14. The second kappa shape index (κ2) is 4.77. The molecule has 1 unspecified atom stereocenters. The maximum Gasteiger partial charge on any atom is 0.221 e. The maximum absolute atomic E-state index is 10.7. The molecule has 0 saturated heterocycles. The number of hydrogen-bond donors (Lipinski definition) is 2. The summed E-state index contributed by atoms with van der Waals surface area (Å²) < 4.78 is 0. The van der Waals surface area contributed by atoms with Crippen LogP contribution in [0.3, 0.4) is 0 Å². The second-order valence-electron chi connectivity index (χ2n) is 2.49. The van der Waals surface area contributed by atoms with E-state index in [-0.39, 0.29) is 12.8 Å². The third kappa shape index (κ3) is 4.73. The van der Waals surface area contributed by atoms with Crippen LogP contribution in [0.4, 0.5) is 0 Å². The summed E-state index contributed by atoms with van der Waals surface area (Å²) in [7, 11) is 0. The second-order valence-corrected chi connectivity index (χ2v) is 3.03. The fraction of sp³-hybridized carbons (Fsp3) is 0.429. The van der Waals surface area contributed by atoms with Crippen LogP contribution in [0.25, 0.3) is 0 Å². The van der Waals surface area contributed by atoms with E-state index < -0.39 is 17.7 Å². The quantitative estimate of drug-likeness (QED) is 0.645. The minimum Gasteiger partial charge on any atom is -0.370 e. The minimum atomic E-state index is -0.632. The molecule has 1 atom stereocenters. The molecule has 0 aromatic heterocycles. The van der Waals surface area contributed by atoms with Gasteiger partial charge in [-0.05, 0) is 6.42 Å². The Labute approximate surface area is 75.5 Å². The van der Waals surface area contributed by atoms with E-state index >= 15 is 0 Å². The molecule has 12 heavy (non-hydrogen) atoms. The van der Waals surface area contributed by atoms with Crippen molar-refractivity contribution in [2.24, 2.45) is 17.4 Å². The van der Waals surface area contributed by atoms with Crippen molar-refractivity contribution in [1.29, 1.82) is 0 Å². The molecule has 0 heterocycles. The van der Waals surface area contributed by atoms with Crippen LogP contribution in [0, 0.1) is 5.92 Å². The first-order chi connectivity index (χ1) is 5.43. The van der Waals surface area contributed by atoms with Crippen LogP contribution in [0.5, 0.6) is 0 Å². The van der Waals surface area contributed by atoms with Crippen molar-refractivity contribution >= 4 is 23.4 Å². The molecule has 0 aliphatic heterocycles. The summed E-state index contributed by atoms with van der Waals surface area (Å²) in [5.41, 5.74) is 9.87. The van der Waals surface area contributed by atoms with Gasteiger partial charge in [0.05, 0.1) is 5.92 Å². The third-order valence-electron chi connectivity index (χ3n) is 1.32. The van der Waals surface area contributed by atoms with Gasteiger partial charge in [0.2, 0.25) is 11.8 Å². The van der Waals surface area contributed by atoms with Gasteiger partial charge < -0.3 is 11.5 Å². The number of halogens is 1. The Morgan fingerprint density at radius 3 is 2.08 bits per heavy atom. The van der Waals surface area contributed by atoms with Crippen LogP contribution in [0.15, 0.2) is 11.6 Å². The first-order valence-corrected chi connectivity index (χ1v) is 3.72. The highest BCUT2D eigenvalue weighted by Crippen LogP contribution is 2.15. The van der Waals surface area contributed by atoms with Crippen molar-refractivity contribution in [3.05, 3.63) is 11.6 Å². The molecule has 0 saturated carbocycles. The summed E-state index contributed by atoms with van der Waals surface area (Å²) in [6.45, 7) is 3.39. The van der Waals surface area contributed by atoms with E-state index in [9.17, 15) is 9.59 Å². The molecular formula is C7H11ClN2O2. The zero-order chi connectivity index (χ0) is 9.72. The van der Waals surface area contributed by atoms with Gasteiger partial charge in [-0.2, -0.15) is 0 Å². The third-order valence-corrected chi connectivity index (χ3v) is 1.47. The summed E-state index contributed by atoms with van der Waals surface area (Å²) in [5, 5.41) is 0.292. The predicted molar refractivity (Wildman–Crippen MR) is 46.1 cm³/mol. The topological polar surface area (TPSA) is 86.2 Å². The molecule has 4 N–H and O–H groups in total. The van der Waals surface area contributed by atoms with Crippen molar-refractivity contribution in [1.82, 2.24) is 0 Å². The molecule has 0 aliphatic carbocycles. The zero-order valence-electron chi connectivity index (χ0n) is 6.55. The lowest BCUT2D eigenvalue weighted by atomic mass is 10.0. The molecule has 0 spiro atoms. The number of primary amides is 2. The summed E-state index contributed by atoms with van der Waals surface area (Å²) in [6.07, 6.45) is 0.112. The van der Waals surface area contributed by atoms with Crippen molar-refractivity contribution < 1.29 is 9.59 Å². The van der Waals surface area contributed by atoms with Crippen LogP contribution in [0.2, 0.25) is 0 Å². The number of nitrogens with two attached hydrogens (primary N) is 2. The van der Waals surface area contributed by atoms with Crippen LogP contribution in [0.1, 0.15) is 12.8 Å². The van der Waals surface area contributed by atoms with Gasteiger partial charge in [-0.1, -0.05) is 18.2 Å². The Bertz CT molecular complexity index is 199. The number of allylic oxidation sites excluding steroid dienone is 1. The molecule has 0 aromatic rings. The molecule has 0 aliphatic rings. The molecule has 68 valence electrons. The predicted octanol–water partition coefficient (Wildman–Crippen LogP) is 0.106. The SMILES string of the molecule is C=C(Cl)CC(CC(N)=O)C(N)=O. The molecule has 0 rings (SSSR count). The van der Waals surface area contributed by atoms with Gasteiger partial charge in [0, 0.05) is 11.5 Å². The van der Waals surface area contributed by atoms with Gasteiger partial charge in [-0.25, -0.2) is 0 Å². The highest BCUT2D eigenvalue weighted by atomic mass is 35.5. The number of rotatable bonds is 5. The first-order valence-electron chi connectivity index (χ1n) is 3.34. The Hall–Kier alpha value is -1.03. The van der Waals surface area contributed by atoms with Crippen molar-refractivity contribution in [3.63, 3.8) is 0 Å². The number of amides is 2. The minimum absolute atomic E-state index is 0.0823. The number of carbonyl (C=O) groups is 2.